The predicted octanol–water partition coefficient (Wildman–Crippen LogP) is 1.69. The molecule has 0 saturated carbocycles. The summed E-state index contributed by atoms with van der Waals surface area (Å²) in [7, 11) is 3.71. The quantitative estimate of drug-likeness (QED) is 0.693. The van der Waals surface area contributed by atoms with Crippen LogP contribution in [0.4, 0.5) is 11.5 Å². The third-order valence-corrected chi connectivity index (χ3v) is 3.42. The number of anilines is 2. The number of nitrogen functional groups attached to an aromatic ring is 1. The van der Waals surface area contributed by atoms with E-state index in [4.69, 9.17) is 15.3 Å². The van der Waals surface area contributed by atoms with Gasteiger partial charge in [0.25, 0.3) is 0 Å². The Hall–Kier alpha value is -3.09. The van der Waals surface area contributed by atoms with E-state index in [1.807, 2.05) is 25.1 Å². The first-order valence-electron chi connectivity index (χ1n) is 6.46. The van der Waals surface area contributed by atoms with E-state index < -0.39 is 5.97 Å². The van der Waals surface area contributed by atoms with Gasteiger partial charge in [0.1, 0.15) is 17.0 Å². The van der Waals surface area contributed by atoms with E-state index in [9.17, 15) is 9.59 Å². The summed E-state index contributed by atoms with van der Waals surface area (Å²) in [4.78, 5) is 29.5. The molecule has 0 amide bonds. The van der Waals surface area contributed by atoms with Crippen molar-refractivity contribution in [2.75, 3.05) is 24.7 Å². The topological polar surface area (TPSA) is 110 Å². The van der Waals surface area contributed by atoms with Crippen molar-refractivity contribution >= 4 is 39.5 Å². The van der Waals surface area contributed by atoms with E-state index in [0.29, 0.717) is 11.0 Å². The minimum atomic E-state index is -1.24. The monoisotopic (exact) mass is 299 g/mol. The number of carboxylic acids is 1. The molecular weight excluding hydrogens is 286 g/mol. The molecule has 112 valence electrons. The van der Waals surface area contributed by atoms with Crippen LogP contribution >= 0.6 is 0 Å². The minimum Gasteiger partial charge on any atom is -0.478 e. The highest BCUT2D eigenvalue weighted by Crippen LogP contribution is 2.23. The van der Waals surface area contributed by atoms with Gasteiger partial charge in [0.2, 0.25) is 11.1 Å². The molecule has 0 atom stereocenters. The van der Waals surface area contributed by atoms with Gasteiger partial charge < -0.3 is 20.2 Å². The highest BCUT2D eigenvalue weighted by atomic mass is 16.4. The molecule has 7 nitrogen and oxygen atoms in total. The molecule has 1 aromatic carbocycles. The van der Waals surface area contributed by atoms with Gasteiger partial charge in [-0.15, -0.1) is 0 Å². The highest BCUT2D eigenvalue weighted by molar-refractivity contribution is 5.98. The summed E-state index contributed by atoms with van der Waals surface area (Å²) in [5.41, 5.74) is 6.26. The van der Waals surface area contributed by atoms with Crippen LogP contribution in [0.2, 0.25) is 0 Å². The predicted molar refractivity (Wildman–Crippen MR) is 83.5 cm³/mol. The first-order chi connectivity index (χ1) is 10.4. The van der Waals surface area contributed by atoms with Gasteiger partial charge in [-0.05, 0) is 24.3 Å². The maximum atomic E-state index is 12.6. The lowest BCUT2D eigenvalue weighted by Crippen LogP contribution is -2.11. The van der Waals surface area contributed by atoms with Gasteiger partial charge in [0.05, 0.1) is 10.8 Å². The SMILES string of the molecule is CN(C)c1ccc2oc3nc(N)c(C(=O)O)cc3c(=O)c2c1. The summed E-state index contributed by atoms with van der Waals surface area (Å²) in [5.74, 6) is -1.43. The van der Waals surface area contributed by atoms with Crippen LogP contribution in [0, 0.1) is 0 Å². The zero-order chi connectivity index (χ0) is 16.0. The van der Waals surface area contributed by atoms with Crippen LogP contribution in [0.5, 0.6) is 0 Å². The Morgan fingerprint density at radius 2 is 2.00 bits per heavy atom. The van der Waals surface area contributed by atoms with Crippen molar-refractivity contribution < 1.29 is 14.3 Å². The molecule has 0 aliphatic rings. The summed E-state index contributed by atoms with van der Waals surface area (Å²) >= 11 is 0. The van der Waals surface area contributed by atoms with Gasteiger partial charge >= 0.3 is 5.97 Å². The largest absolute Gasteiger partial charge is 0.478 e. The molecule has 0 saturated heterocycles. The molecule has 7 heteroatoms. The maximum Gasteiger partial charge on any atom is 0.339 e. The lowest BCUT2D eigenvalue weighted by atomic mass is 10.1. The van der Waals surface area contributed by atoms with E-state index in [1.165, 1.54) is 6.07 Å². The molecule has 2 aromatic heterocycles. The number of pyridine rings is 1. The van der Waals surface area contributed by atoms with Crippen molar-refractivity contribution in [3.63, 3.8) is 0 Å². The Balaban J connectivity index is 2.43. The average molecular weight is 299 g/mol. The summed E-state index contributed by atoms with van der Waals surface area (Å²) in [5, 5.41) is 9.54. The van der Waals surface area contributed by atoms with E-state index in [0.717, 1.165) is 5.69 Å². The Morgan fingerprint density at radius 1 is 1.27 bits per heavy atom. The second-order valence-electron chi connectivity index (χ2n) is 5.09. The molecule has 3 aromatic rings. The van der Waals surface area contributed by atoms with E-state index in [1.54, 1.807) is 12.1 Å². The first kappa shape index (κ1) is 13.9. The van der Waals surface area contributed by atoms with Crippen molar-refractivity contribution in [3.8, 4) is 0 Å². The molecule has 0 spiro atoms. The first-order valence-corrected chi connectivity index (χ1v) is 6.46. The molecule has 0 aliphatic heterocycles. The van der Waals surface area contributed by atoms with Crippen molar-refractivity contribution in [2.45, 2.75) is 0 Å². The van der Waals surface area contributed by atoms with Crippen LogP contribution in [0.25, 0.3) is 22.1 Å². The van der Waals surface area contributed by atoms with Crippen LogP contribution in [0.3, 0.4) is 0 Å². The second kappa shape index (κ2) is 4.73. The summed E-state index contributed by atoms with van der Waals surface area (Å²) in [6, 6.07) is 6.38. The summed E-state index contributed by atoms with van der Waals surface area (Å²) in [6.45, 7) is 0. The fourth-order valence-corrected chi connectivity index (χ4v) is 2.23. The number of aromatic nitrogens is 1. The van der Waals surface area contributed by atoms with Crippen molar-refractivity contribution in [3.05, 3.63) is 40.1 Å². The molecule has 0 radical (unpaired) electrons. The number of hydrogen-bond donors (Lipinski definition) is 2. The number of carbonyl (C=O) groups is 1. The number of nitrogens with two attached hydrogens (primary N) is 1. The number of nitrogens with zero attached hydrogens (tertiary/aromatic N) is 2. The Bertz CT molecular complexity index is 976. The number of carboxylic acid groups (broad SMARTS) is 1. The third-order valence-electron chi connectivity index (χ3n) is 3.42. The van der Waals surface area contributed by atoms with Crippen molar-refractivity contribution in [2.24, 2.45) is 0 Å². The van der Waals surface area contributed by atoms with Crippen molar-refractivity contribution in [1.82, 2.24) is 4.98 Å². The van der Waals surface area contributed by atoms with Gasteiger partial charge in [-0.25, -0.2) is 4.79 Å². The molecule has 2 heterocycles. The smallest absolute Gasteiger partial charge is 0.339 e. The molecule has 3 rings (SSSR count). The number of rotatable bonds is 2. The molecule has 0 aliphatic carbocycles. The van der Waals surface area contributed by atoms with Gasteiger partial charge in [0.15, 0.2) is 0 Å². The fraction of sp³-hybridized carbons (Fsp3) is 0.133. The average Bonchev–Trinajstić information content (AvgIpc) is 2.46. The molecule has 22 heavy (non-hydrogen) atoms. The van der Waals surface area contributed by atoms with Crippen LogP contribution < -0.4 is 16.1 Å². The Morgan fingerprint density at radius 3 is 2.64 bits per heavy atom. The molecular formula is C15H13N3O4. The van der Waals surface area contributed by atoms with Crippen LogP contribution in [-0.2, 0) is 0 Å². The summed E-state index contributed by atoms with van der Waals surface area (Å²) < 4.78 is 5.57. The maximum absolute atomic E-state index is 12.6. The van der Waals surface area contributed by atoms with Crippen LogP contribution in [0.1, 0.15) is 10.4 Å². The summed E-state index contributed by atoms with van der Waals surface area (Å²) in [6.07, 6.45) is 0. The number of fused-ring (bicyclic) bond motifs is 2. The Kier molecular flexibility index (Phi) is 2.98. The minimum absolute atomic E-state index is 0.0256. The van der Waals surface area contributed by atoms with Gasteiger partial charge in [-0.2, -0.15) is 4.98 Å². The standard InChI is InChI=1S/C15H13N3O4/c1-18(2)7-3-4-11-8(5-7)12(19)9-6-10(15(20)21)13(16)17-14(9)22-11/h3-6H,1-2H3,(H2,16,17)(H,20,21). The number of hydrogen-bond acceptors (Lipinski definition) is 6. The molecule has 0 fully saturated rings. The third kappa shape index (κ3) is 2.03. The van der Waals surface area contributed by atoms with Crippen LogP contribution in [0.15, 0.2) is 33.5 Å². The highest BCUT2D eigenvalue weighted by Gasteiger charge is 2.16. The van der Waals surface area contributed by atoms with E-state index >= 15 is 0 Å². The van der Waals surface area contributed by atoms with Gasteiger partial charge in [-0.1, -0.05) is 0 Å². The molecule has 3 N–H and O–H groups in total. The second-order valence-corrected chi connectivity index (χ2v) is 5.09. The number of aromatic carboxylic acids is 1. The number of benzene rings is 1. The van der Waals surface area contributed by atoms with E-state index in [2.05, 4.69) is 4.98 Å². The van der Waals surface area contributed by atoms with E-state index in [-0.39, 0.29) is 27.9 Å². The zero-order valence-electron chi connectivity index (χ0n) is 12.0. The Labute approximate surface area is 124 Å². The lowest BCUT2D eigenvalue weighted by molar-refractivity contribution is 0.0698. The van der Waals surface area contributed by atoms with Gasteiger partial charge in [-0.3, -0.25) is 4.79 Å². The van der Waals surface area contributed by atoms with Crippen molar-refractivity contribution in [1.29, 1.82) is 0 Å². The fourth-order valence-electron chi connectivity index (χ4n) is 2.23. The van der Waals surface area contributed by atoms with Gasteiger partial charge in [0, 0.05) is 19.8 Å². The molecule has 0 unspecified atom stereocenters. The normalized spacial score (nSPS) is 11.0. The van der Waals surface area contributed by atoms with Crippen LogP contribution in [-0.4, -0.2) is 30.2 Å². The lowest BCUT2D eigenvalue weighted by Gasteiger charge is -2.12. The zero-order valence-corrected chi connectivity index (χ0v) is 12.0. The molecule has 0 bridgehead atoms.